The Hall–Kier alpha value is -2.18. The van der Waals surface area contributed by atoms with E-state index in [0.717, 1.165) is 47.0 Å². The van der Waals surface area contributed by atoms with Crippen LogP contribution in [0.5, 0.6) is 0 Å². The van der Waals surface area contributed by atoms with Gasteiger partial charge in [-0.05, 0) is 38.1 Å². The lowest BCUT2D eigenvalue weighted by Gasteiger charge is -2.36. The summed E-state index contributed by atoms with van der Waals surface area (Å²) < 4.78 is 2.03. The van der Waals surface area contributed by atoms with E-state index in [1.54, 1.807) is 6.20 Å². The first-order valence-corrected chi connectivity index (χ1v) is 9.51. The van der Waals surface area contributed by atoms with E-state index in [0.29, 0.717) is 6.04 Å². The summed E-state index contributed by atoms with van der Waals surface area (Å²) in [5.41, 5.74) is 0.953. The Bertz CT molecular complexity index is 876. The van der Waals surface area contributed by atoms with Gasteiger partial charge in [0.2, 0.25) is 0 Å². The van der Waals surface area contributed by atoms with Crippen LogP contribution in [0, 0.1) is 0 Å². The van der Waals surface area contributed by atoms with Crippen LogP contribution in [-0.2, 0) is 0 Å². The van der Waals surface area contributed by atoms with Crippen LogP contribution < -0.4 is 0 Å². The van der Waals surface area contributed by atoms with Gasteiger partial charge < -0.3 is 9.47 Å². The summed E-state index contributed by atoms with van der Waals surface area (Å²) in [7, 11) is 0. The molecule has 5 nitrogen and oxygen atoms in total. The number of hydrogen-bond acceptors (Lipinski definition) is 4. The molecule has 0 aliphatic carbocycles. The third kappa shape index (κ3) is 2.96. The second kappa shape index (κ2) is 6.61. The molecular weight excluding hydrogens is 332 g/mol. The molecule has 0 N–H and O–H groups in total. The topological polar surface area (TPSA) is 41.4 Å². The summed E-state index contributed by atoms with van der Waals surface area (Å²) in [4.78, 5) is 23.8. The lowest BCUT2D eigenvalue weighted by molar-refractivity contribution is 0.0600. The first-order valence-electron chi connectivity index (χ1n) is 8.69. The van der Waals surface area contributed by atoms with E-state index in [4.69, 9.17) is 0 Å². The van der Waals surface area contributed by atoms with E-state index in [9.17, 15) is 4.79 Å². The van der Waals surface area contributed by atoms with Crippen molar-refractivity contribution in [2.75, 3.05) is 26.2 Å². The normalized spacial score (nSPS) is 16.0. The van der Waals surface area contributed by atoms with Crippen molar-refractivity contribution in [3.8, 4) is 5.69 Å². The number of carbonyl (C=O) groups excluding carboxylic acids is 1. The van der Waals surface area contributed by atoms with Gasteiger partial charge in [-0.1, -0.05) is 0 Å². The van der Waals surface area contributed by atoms with Crippen molar-refractivity contribution in [3.05, 3.63) is 47.7 Å². The molecule has 0 unspecified atom stereocenters. The minimum atomic E-state index is 0.120. The number of piperazine rings is 1. The van der Waals surface area contributed by atoms with Gasteiger partial charge in [0.05, 0.1) is 5.69 Å². The number of fused-ring (bicyclic) bond motifs is 1. The minimum Gasteiger partial charge on any atom is -0.335 e. The Balaban J connectivity index is 1.70. The molecule has 0 atom stereocenters. The van der Waals surface area contributed by atoms with Gasteiger partial charge in [0.25, 0.3) is 5.91 Å². The predicted octanol–water partition coefficient (Wildman–Crippen LogP) is 3.25. The van der Waals surface area contributed by atoms with Crippen molar-refractivity contribution in [2.24, 2.45) is 0 Å². The zero-order valence-corrected chi connectivity index (χ0v) is 15.4. The van der Waals surface area contributed by atoms with Gasteiger partial charge in [-0.3, -0.25) is 9.69 Å². The molecule has 4 heterocycles. The van der Waals surface area contributed by atoms with Crippen LogP contribution in [0.1, 0.15) is 23.5 Å². The van der Waals surface area contributed by atoms with Crippen LogP contribution in [0.2, 0.25) is 0 Å². The number of nitrogens with zero attached hydrogens (tertiary/aromatic N) is 4. The predicted molar refractivity (Wildman–Crippen MR) is 102 cm³/mol. The lowest BCUT2D eigenvalue weighted by Crippen LogP contribution is -2.50. The van der Waals surface area contributed by atoms with E-state index < -0.39 is 0 Å². The average molecular weight is 354 g/mol. The fourth-order valence-electron chi connectivity index (χ4n) is 3.39. The Morgan fingerprint density at radius 2 is 1.84 bits per heavy atom. The van der Waals surface area contributed by atoms with Crippen molar-refractivity contribution in [2.45, 2.75) is 19.9 Å². The molecule has 0 saturated carbocycles. The zero-order chi connectivity index (χ0) is 17.4. The highest BCUT2D eigenvalue weighted by Crippen LogP contribution is 2.34. The second-order valence-corrected chi connectivity index (χ2v) is 7.65. The van der Waals surface area contributed by atoms with Crippen LogP contribution in [0.4, 0.5) is 0 Å². The molecule has 0 bridgehead atoms. The van der Waals surface area contributed by atoms with Crippen LogP contribution in [-0.4, -0.2) is 57.5 Å². The maximum atomic E-state index is 13.2. The smallest absolute Gasteiger partial charge is 0.266 e. The van der Waals surface area contributed by atoms with Gasteiger partial charge in [-0.15, -0.1) is 11.3 Å². The minimum absolute atomic E-state index is 0.120. The molecule has 0 aromatic carbocycles. The first kappa shape index (κ1) is 16.3. The first-order chi connectivity index (χ1) is 12.1. The van der Waals surface area contributed by atoms with Crippen molar-refractivity contribution < 1.29 is 4.79 Å². The maximum absolute atomic E-state index is 13.2. The Kier molecular flexibility index (Phi) is 4.31. The molecule has 25 heavy (non-hydrogen) atoms. The largest absolute Gasteiger partial charge is 0.335 e. The summed E-state index contributed by atoms with van der Waals surface area (Å²) in [6.07, 6.45) is 5.76. The Morgan fingerprint density at radius 1 is 1.12 bits per heavy atom. The quantitative estimate of drug-likeness (QED) is 0.725. The molecule has 1 saturated heterocycles. The van der Waals surface area contributed by atoms with Crippen LogP contribution in [0.15, 0.2) is 42.9 Å². The van der Waals surface area contributed by atoms with Crippen LogP contribution >= 0.6 is 11.3 Å². The number of thiophene rings is 1. The van der Waals surface area contributed by atoms with Gasteiger partial charge in [-0.25, -0.2) is 4.98 Å². The summed E-state index contributed by atoms with van der Waals surface area (Å²) in [6.45, 7) is 7.85. The Morgan fingerprint density at radius 3 is 2.52 bits per heavy atom. The highest BCUT2D eigenvalue weighted by atomic mass is 32.1. The molecule has 130 valence electrons. The molecule has 3 aromatic rings. The number of pyridine rings is 1. The van der Waals surface area contributed by atoms with E-state index in [1.807, 2.05) is 46.1 Å². The third-order valence-electron chi connectivity index (χ3n) is 4.83. The maximum Gasteiger partial charge on any atom is 0.266 e. The molecule has 0 radical (unpaired) electrons. The number of aromatic nitrogens is 2. The van der Waals surface area contributed by atoms with Gasteiger partial charge >= 0.3 is 0 Å². The third-order valence-corrected chi connectivity index (χ3v) is 5.92. The fourth-order valence-corrected chi connectivity index (χ4v) is 4.50. The van der Waals surface area contributed by atoms with Crippen molar-refractivity contribution in [1.29, 1.82) is 0 Å². The number of carbonyl (C=O) groups is 1. The SMILES string of the molecule is CC(C)N1CCN(C(=O)c2sc3ncccc3c2-n2cccc2)CC1. The highest BCUT2D eigenvalue weighted by molar-refractivity contribution is 7.21. The van der Waals surface area contributed by atoms with Gasteiger partial charge in [0.1, 0.15) is 9.71 Å². The summed E-state index contributed by atoms with van der Waals surface area (Å²) in [6, 6.07) is 8.46. The lowest BCUT2D eigenvalue weighted by atomic mass is 10.2. The van der Waals surface area contributed by atoms with Crippen molar-refractivity contribution in [3.63, 3.8) is 0 Å². The summed E-state index contributed by atoms with van der Waals surface area (Å²) >= 11 is 1.49. The average Bonchev–Trinajstić information content (AvgIpc) is 3.28. The van der Waals surface area contributed by atoms with Gasteiger partial charge in [-0.2, -0.15) is 0 Å². The zero-order valence-electron chi connectivity index (χ0n) is 14.6. The fraction of sp³-hybridized carbons (Fsp3) is 0.368. The number of rotatable bonds is 3. The van der Waals surface area contributed by atoms with E-state index in [2.05, 4.69) is 23.7 Å². The molecule has 1 aliphatic heterocycles. The number of amides is 1. The monoisotopic (exact) mass is 354 g/mol. The van der Waals surface area contributed by atoms with Gasteiger partial charge in [0, 0.05) is 56.2 Å². The standard InChI is InChI=1S/C19H22N4OS/c1-14(2)21-10-12-23(13-11-21)19(24)17-16(22-8-3-4-9-22)15-6-5-7-20-18(15)25-17/h3-9,14H,10-13H2,1-2H3. The van der Waals surface area contributed by atoms with Crippen molar-refractivity contribution in [1.82, 2.24) is 19.4 Å². The molecule has 3 aromatic heterocycles. The molecule has 1 amide bonds. The Labute approximate surface area is 151 Å². The van der Waals surface area contributed by atoms with Gasteiger partial charge in [0.15, 0.2) is 0 Å². The summed E-state index contributed by atoms with van der Waals surface area (Å²) in [5, 5.41) is 1.04. The number of hydrogen-bond donors (Lipinski definition) is 0. The molecular formula is C19H22N4OS. The van der Waals surface area contributed by atoms with Crippen molar-refractivity contribution >= 4 is 27.5 Å². The van der Waals surface area contributed by atoms with E-state index in [1.165, 1.54) is 11.3 Å². The molecule has 4 rings (SSSR count). The van der Waals surface area contributed by atoms with Crippen LogP contribution in [0.25, 0.3) is 15.9 Å². The molecule has 0 spiro atoms. The highest BCUT2D eigenvalue weighted by Gasteiger charge is 2.28. The van der Waals surface area contributed by atoms with Crippen LogP contribution in [0.3, 0.4) is 0 Å². The van der Waals surface area contributed by atoms with E-state index in [-0.39, 0.29) is 5.91 Å². The summed E-state index contributed by atoms with van der Waals surface area (Å²) in [5.74, 6) is 0.120. The molecule has 6 heteroatoms. The second-order valence-electron chi connectivity index (χ2n) is 6.65. The molecule has 1 aliphatic rings. The van der Waals surface area contributed by atoms with E-state index >= 15 is 0 Å². The molecule has 1 fully saturated rings.